The molecule has 0 radical (unpaired) electrons. The number of isothiocyanates is 1. The van der Waals surface area contributed by atoms with Gasteiger partial charge in [0.1, 0.15) is 0 Å². The number of nitrogens with two attached hydrogens (primary N) is 1. The van der Waals surface area contributed by atoms with E-state index < -0.39 is 11.9 Å². The van der Waals surface area contributed by atoms with Crippen molar-refractivity contribution in [3.63, 3.8) is 0 Å². The Hall–Kier alpha value is -2.62. The molecule has 10 heteroatoms. The van der Waals surface area contributed by atoms with Crippen molar-refractivity contribution in [2.75, 3.05) is 52.4 Å². The van der Waals surface area contributed by atoms with Crippen molar-refractivity contribution < 1.29 is 19.8 Å². The number of carboxylic acid groups (broad SMARTS) is 1. The number of aliphatic imine (C=N–C) groups is 1. The molecule has 9 nitrogen and oxygen atoms in total. The first-order valence-electron chi connectivity index (χ1n) is 9.99. The molecule has 1 aliphatic rings. The number of aliphatic hydroxyl groups excluding tert-OH is 1. The average Bonchev–Trinajstić information content (AvgIpc) is 2.74. The molecule has 2 rings (SSSR count). The van der Waals surface area contributed by atoms with Crippen LogP contribution in [0.15, 0.2) is 41.6 Å². The number of carbonyl (C=O) groups excluding carboxylic acids is 1. The lowest BCUT2D eigenvalue weighted by Crippen LogP contribution is -2.48. The summed E-state index contributed by atoms with van der Waals surface area (Å²) in [4.78, 5) is 32.8. The Kier molecular flexibility index (Phi) is 9.77. The molecule has 168 valence electrons. The Balaban J connectivity index is 2.28. The van der Waals surface area contributed by atoms with Gasteiger partial charge in [-0.15, -0.1) is 0 Å². The van der Waals surface area contributed by atoms with E-state index in [1.807, 2.05) is 39.0 Å². The highest BCUT2D eigenvalue weighted by atomic mass is 32.1. The molecule has 1 aromatic carbocycles. The third kappa shape index (κ3) is 8.95. The van der Waals surface area contributed by atoms with E-state index in [0.29, 0.717) is 44.8 Å². The largest absolute Gasteiger partial charge is 0.512 e. The van der Waals surface area contributed by atoms with E-state index in [2.05, 4.69) is 29.0 Å². The molecular weight excluding hydrogens is 418 g/mol. The Morgan fingerprint density at radius 2 is 1.74 bits per heavy atom. The Morgan fingerprint density at radius 1 is 1.10 bits per heavy atom. The zero-order valence-electron chi connectivity index (χ0n) is 17.4. The van der Waals surface area contributed by atoms with Crippen molar-refractivity contribution in [2.24, 2.45) is 10.7 Å². The molecule has 4 N–H and O–H groups in total. The lowest BCUT2D eigenvalue weighted by atomic mass is 10.0. The number of primary amides is 1. The molecule has 1 fully saturated rings. The molecule has 0 aliphatic carbocycles. The molecule has 1 atom stereocenters. The van der Waals surface area contributed by atoms with Crippen LogP contribution in [0.4, 0.5) is 5.69 Å². The Labute approximate surface area is 187 Å². The van der Waals surface area contributed by atoms with Crippen molar-refractivity contribution in [3.05, 3.63) is 42.2 Å². The van der Waals surface area contributed by atoms with Gasteiger partial charge >= 0.3 is 5.97 Å². The van der Waals surface area contributed by atoms with E-state index in [9.17, 15) is 19.8 Å². The highest BCUT2D eigenvalue weighted by Gasteiger charge is 2.27. The van der Waals surface area contributed by atoms with Crippen molar-refractivity contribution in [2.45, 2.75) is 12.5 Å². The summed E-state index contributed by atoms with van der Waals surface area (Å²) < 4.78 is 0. The first-order chi connectivity index (χ1) is 14.8. The van der Waals surface area contributed by atoms with Gasteiger partial charge in [0, 0.05) is 38.8 Å². The molecule has 1 heterocycles. The standard InChI is InChI=1S/C21H29N5O4S/c1-16(27)11-25-7-6-24(13-20(22)28)8-9-26(14-21(29)30)19(12-25)10-17-2-4-18(5-3-17)23-15-31/h2-5,19,27H,1,6-14H2,(H2,22,28)(H,29,30). The fourth-order valence-electron chi connectivity index (χ4n) is 3.74. The monoisotopic (exact) mass is 447 g/mol. The van der Waals surface area contributed by atoms with Gasteiger partial charge < -0.3 is 15.9 Å². The minimum absolute atomic E-state index is 0.0339. The predicted octanol–water partition coefficient (Wildman–Crippen LogP) is 0.893. The quantitative estimate of drug-likeness (QED) is 0.290. The van der Waals surface area contributed by atoms with Gasteiger partial charge in [-0.25, -0.2) is 0 Å². The first kappa shape index (κ1) is 24.6. The van der Waals surface area contributed by atoms with E-state index >= 15 is 0 Å². The summed E-state index contributed by atoms with van der Waals surface area (Å²) in [6.45, 7) is 6.53. The number of rotatable bonds is 9. The number of carboxylic acids is 1. The zero-order valence-corrected chi connectivity index (χ0v) is 18.3. The summed E-state index contributed by atoms with van der Waals surface area (Å²) in [5, 5.41) is 21.6. The highest BCUT2D eigenvalue weighted by molar-refractivity contribution is 7.78. The molecular formula is C21H29N5O4S. The van der Waals surface area contributed by atoms with Gasteiger partial charge in [0.05, 0.1) is 36.2 Å². The maximum atomic E-state index is 11.6. The smallest absolute Gasteiger partial charge is 0.317 e. The molecule has 0 spiro atoms. The molecule has 1 unspecified atom stereocenters. The molecule has 1 aliphatic heterocycles. The fourth-order valence-corrected chi connectivity index (χ4v) is 3.84. The summed E-state index contributed by atoms with van der Waals surface area (Å²) in [6.07, 6.45) is 0.610. The second-order valence-corrected chi connectivity index (χ2v) is 7.82. The topological polar surface area (TPSA) is 123 Å². The molecule has 0 bridgehead atoms. The van der Waals surface area contributed by atoms with Crippen LogP contribution in [0.5, 0.6) is 0 Å². The molecule has 0 saturated carbocycles. The van der Waals surface area contributed by atoms with Crippen molar-refractivity contribution in [1.82, 2.24) is 14.7 Å². The second-order valence-electron chi connectivity index (χ2n) is 7.64. The highest BCUT2D eigenvalue weighted by Crippen LogP contribution is 2.17. The van der Waals surface area contributed by atoms with E-state index in [1.165, 1.54) is 0 Å². The van der Waals surface area contributed by atoms with Crippen molar-refractivity contribution >= 4 is 34.9 Å². The van der Waals surface area contributed by atoms with E-state index in [0.717, 1.165) is 5.56 Å². The normalized spacial score (nSPS) is 18.9. The van der Waals surface area contributed by atoms with Crippen LogP contribution in [0.25, 0.3) is 0 Å². The minimum atomic E-state index is -0.922. The summed E-state index contributed by atoms with van der Waals surface area (Å²) in [5.74, 6) is -1.32. The maximum absolute atomic E-state index is 11.6. The minimum Gasteiger partial charge on any atom is -0.512 e. The maximum Gasteiger partial charge on any atom is 0.317 e. The van der Waals surface area contributed by atoms with Gasteiger partial charge in [-0.05, 0) is 36.3 Å². The third-order valence-electron chi connectivity index (χ3n) is 5.13. The Bertz CT molecular complexity index is 826. The van der Waals surface area contributed by atoms with Gasteiger partial charge in [0.25, 0.3) is 0 Å². The number of nitrogens with zero attached hydrogens (tertiary/aromatic N) is 4. The Morgan fingerprint density at radius 3 is 2.32 bits per heavy atom. The van der Waals surface area contributed by atoms with E-state index in [4.69, 9.17) is 5.73 Å². The average molecular weight is 448 g/mol. The fraction of sp³-hybridized carbons (Fsp3) is 0.476. The predicted molar refractivity (Wildman–Crippen MR) is 122 cm³/mol. The van der Waals surface area contributed by atoms with Gasteiger partial charge in [-0.1, -0.05) is 18.7 Å². The van der Waals surface area contributed by atoms with Crippen LogP contribution in [-0.4, -0.2) is 100 Å². The molecule has 1 saturated heterocycles. The number of hydrogen-bond acceptors (Lipinski definition) is 8. The van der Waals surface area contributed by atoms with Crippen LogP contribution in [-0.2, 0) is 16.0 Å². The number of carbonyl (C=O) groups is 2. The van der Waals surface area contributed by atoms with Crippen LogP contribution >= 0.6 is 12.2 Å². The number of hydrogen-bond donors (Lipinski definition) is 3. The zero-order chi connectivity index (χ0) is 22.8. The SMILES string of the molecule is C=C(O)CN1CCN(CC(N)=O)CCN(CC(=O)O)C(Cc2ccc(N=C=S)cc2)C1. The van der Waals surface area contributed by atoms with Gasteiger partial charge in [0.2, 0.25) is 5.91 Å². The van der Waals surface area contributed by atoms with Crippen LogP contribution < -0.4 is 5.73 Å². The number of thiocarbonyl (C=S) groups is 1. The van der Waals surface area contributed by atoms with Crippen molar-refractivity contribution in [3.8, 4) is 0 Å². The number of aliphatic hydroxyl groups is 1. The molecule has 1 aromatic rings. The lowest BCUT2D eigenvalue weighted by molar-refractivity contribution is -0.139. The van der Waals surface area contributed by atoms with Gasteiger partial charge in [-0.2, -0.15) is 4.99 Å². The van der Waals surface area contributed by atoms with Crippen molar-refractivity contribution in [1.29, 1.82) is 0 Å². The summed E-state index contributed by atoms with van der Waals surface area (Å²) in [7, 11) is 0. The summed E-state index contributed by atoms with van der Waals surface area (Å²) in [5.41, 5.74) is 7.10. The lowest BCUT2D eigenvalue weighted by Gasteiger charge is -2.33. The summed E-state index contributed by atoms with van der Waals surface area (Å²) in [6, 6.07) is 7.43. The molecule has 31 heavy (non-hydrogen) atoms. The van der Waals surface area contributed by atoms with Crippen LogP contribution in [0.1, 0.15) is 5.56 Å². The molecule has 1 amide bonds. The van der Waals surface area contributed by atoms with Gasteiger partial charge in [0.15, 0.2) is 0 Å². The molecule has 0 aromatic heterocycles. The van der Waals surface area contributed by atoms with Crippen LogP contribution in [0, 0.1) is 0 Å². The third-order valence-corrected chi connectivity index (χ3v) is 5.22. The van der Waals surface area contributed by atoms with Crippen LogP contribution in [0.3, 0.4) is 0 Å². The first-order valence-corrected chi connectivity index (χ1v) is 10.4. The summed E-state index contributed by atoms with van der Waals surface area (Å²) >= 11 is 4.63. The van der Waals surface area contributed by atoms with Gasteiger partial charge in [-0.3, -0.25) is 24.3 Å². The number of aliphatic carboxylic acids is 1. The second kappa shape index (κ2) is 12.3. The van der Waals surface area contributed by atoms with E-state index in [-0.39, 0.29) is 31.4 Å². The van der Waals surface area contributed by atoms with Crippen LogP contribution in [0.2, 0.25) is 0 Å². The number of benzene rings is 1. The number of amides is 1. The van der Waals surface area contributed by atoms with E-state index in [1.54, 1.807) is 0 Å².